The standard InChI is InChI=1S/C17H9ClFN3O2/c18-12-3-1-2-10(6-12)15-8-16(24-22-15)17(23)21-13-4-5-14(19)11(7-13)9-20/h1-8H,(H,21,23). The summed E-state index contributed by atoms with van der Waals surface area (Å²) < 4.78 is 18.3. The molecule has 0 aliphatic carbocycles. The molecule has 0 unspecified atom stereocenters. The molecule has 24 heavy (non-hydrogen) atoms. The zero-order valence-electron chi connectivity index (χ0n) is 12.1. The summed E-state index contributed by atoms with van der Waals surface area (Å²) in [5.74, 6) is -1.24. The van der Waals surface area contributed by atoms with Crippen LogP contribution in [0.4, 0.5) is 10.1 Å². The van der Waals surface area contributed by atoms with Crippen LogP contribution in [-0.4, -0.2) is 11.1 Å². The third kappa shape index (κ3) is 3.26. The number of carbonyl (C=O) groups excluding carboxylic acids is 1. The van der Waals surface area contributed by atoms with Gasteiger partial charge in [-0.25, -0.2) is 4.39 Å². The maximum atomic E-state index is 13.3. The third-order valence-electron chi connectivity index (χ3n) is 3.20. The molecule has 3 aromatic rings. The molecule has 0 fully saturated rings. The summed E-state index contributed by atoms with van der Waals surface area (Å²) in [6.45, 7) is 0. The Labute approximate surface area is 141 Å². The van der Waals surface area contributed by atoms with E-state index < -0.39 is 11.7 Å². The van der Waals surface area contributed by atoms with Gasteiger partial charge < -0.3 is 9.84 Å². The van der Waals surface area contributed by atoms with E-state index in [4.69, 9.17) is 21.4 Å². The monoisotopic (exact) mass is 341 g/mol. The predicted octanol–water partition coefficient (Wildman–Crippen LogP) is 4.26. The van der Waals surface area contributed by atoms with Crippen LogP contribution in [0.25, 0.3) is 11.3 Å². The maximum Gasteiger partial charge on any atom is 0.294 e. The Balaban J connectivity index is 1.80. The summed E-state index contributed by atoms with van der Waals surface area (Å²) in [4.78, 5) is 12.2. The zero-order valence-corrected chi connectivity index (χ0v) is 12.8. The Bertz CT molecular complexity index is 962. The topological polar surface area (TPSA) is 78.9 Å². The highest BCUT2D eigenvalue weighted by Crippen LogP contribution is 2.23. The van der Waals surface area contributed by atoms with Crippen molar-refractivity contribution in [2.75, 3.05) is 5.32 Å². The Hall–Kier alpha value is -3.17. The van der Waals surface area contributed by atoms with Gasteiger partial charge in [0.15, 0.2) is 0 Å². The highest BCUT2D eigenvalue weighted by atomic mass is 35.5. The van der Waals surface area contributed by atoms with Gasteiger partial charge in [-0.05, 0) is 30.3 Å². The lowest BCUT2D eigenvalue weighted by Gasteiger charge is -2.03. The third-order valence-corrected chi connectivity index (χ3v) is 3.43. The zero-order chi connectivity index (χ0) is 17.1. The molecule has 3 rings (SSSR count). The smallest absolute Gasteiger partial charge is 0.294 e. The lowest BCUT2D eigenvalue weighted by atomic mass is 10.1. The molecule has 5 nitrogen and oxygen atoms in total. The number of benzene rings is 2. The van der Waals surface area contributed by atoms with Gasteiger partial charge in [-0.3, -0.25) is 4.79 Å². The van der Waals surface area contributed by atoms with E-state index >= 15 is 0 Å². The molecule has 118 valence electrons. The van der Waals surface area contributed by atoms with Crippen molar-refractivity contribution in [1.82, 2.24) is 5.16 Å². The second-order valence-corrected chi connectivity index (χ2v) is 5.28. The largest absolute Gasteiger partial charge is 0.350 e. The fourth-order valence-electron chi connectivity index (χ4n) is 2.05. The normalized spacial score (nSPS) is 10.2. The molecule has 1 aromatic heterocycles. The number of nitrogens with one attached hydrogen (secondary N) is 1. The van der Waals surface area contributed by atoms with E-state index in [-0.39, 0.29) is 17.0 Å². The average Bonchev–Trinajstić information content (AvgIpc) is 3.07. The van der Waals surface area contributed by atoms with Crippen molar-refractivity contribution < 1.29 is 13.7 Å². The van der Waals surface area contributed by atoms with Crippen molar-refractivity contribution in [3.8, 4) is 17.3 Å². The summed E-state index contributed by atoms with van der Waals surface area (Å²) in [7, 11) is 0. The molecule has 0 aliphatic rings. The summed E-state index contributed by atoms with van der Waals surface area (Å²) in [5, 5.41) is 15.7. The first-order valence-corrected chi connectivity index (χ1v) is 7.18. The molecule has 0 saturated carbocycles. The molecule has 1 N–H and O–H groups in total. The highest BCUT2D eigenvalue weighted by molar-refractivity contribution is 6.30. The van der Waals surface area contributed by atoms with Gasteiger partial charge in [0, 0.05) is 22.3 Å². The summed E-state index contributed by atoms with van der Waals surface area (Å²) in [6, 6.07) is 13.8. The van der Waals surface area contributed by atoms with Gasteiger partial charge in [0.05, 0.1) is 5.56 Å². The summed E-state index contributed by atoms with van der Waals surface area (Å²) in [5.41, 5.74) is 1.28. The Morgan fingerprint density at radius 1 is 1.25 bits per heavy atom. The number of rotatable bonds is 3. The van der Waals surface area contributed by atoms with Crippen molar-refractivity contribution in [1.29, 1.82) is 5.26 Å². The first-order chi connectivity index (χ1) is 11.6. The molecule has 0 spiro atoms. The van der Waals surface area contributed by atoms with Gasteiger partial charge in [0.1, 0.15) is 17.6 Å². The van der Waals surface area contributed by atoms with Gasteiger partial charge in [-0.1, -0.05) is 28.9 Å². The lowest BCUT2D eigenvalue weighted by Crippen LogP contribution is -2.11. The predicted molar refractivity (Wildman–Crippen MR) is 86.0 cm³/mol. The number of halogens is 2. The fraction of sp³-hybridized carbons (Fsp3) is 0. The van der Waals surface area contributed by atoms with Gasteiger partial charge in [0.25, 0.3) is 5.91 Å². The van der Waals surface area contributed by atoms with Gasteiger partial charge in [-0.15, -0.1) is 0 Å². The molecule has 0 aliphatic heterocycles. The van der Waals surface area contributed by atoms with E-state index in [1.165, 1.54) is 18.2 Å². The second kappa shape index (κ2) is 6.52. The first kappa shape index (κ1) is 15.7. The number of nitrogens with zero attached hydrogens (tertiary/aromatic N) is 2. The van der Waals surface area contributed by atoms with E-state index in [1.807, 2.05) is 0 Å². The SMILES string of the molecule is N#Cc1cc(NC(=O)c2cc(-c3cccc(Cl)c3)no2)ccc1F. The van der Waals surface area contributed by atoms with Crippen LogP contribution in [-0.2, 0) is 0 Å². The molecule has 1 heterocycles. The van der Waals surface area contributed by atoms with Crippen LogP contribution in [0, 0.1) is 17.1 Å². The van der Waals surface area contributed by atoms with Gasteiger partial charge >= 0.3 is 0 Å². The minimum Gasteiger partial charge on any atom is -0.350 e. The van der Waals surface area contributed by atoms with E-state index in [2.05, 4.69) is 10.5 Å². The Kier molecular flexibility index (Phi) is 4.27. The van der Waals surface area contributed by atoms with Crippen LogP contribution < -0.4 is 5.32 Å². The summed E-state index contributed by atoms with van der Waals surface area (Å²) in [6.07, 6.45) is 0. The van der Waals surface area contributed by atoms with Gasteiger partial charge in [0.2, 0.25) is 5.76 Å². The molecular weight excluding hydrogens is 333 g/mol. The van der Waals surface area contributed by atoms with E-state index in [9.17, 15) is 9.18 Å². The van der Waals surface area contributed by atoms with Crippen molar-refractivity contribution in [2.45, 2.75) is 0 Å². The minimum atomic E-state index is -0.654. The number of carbonyl (C=O) groups is 1. The Morgan fingerprint density at radius 3 is 2.83 bits per heavy atom. The highest BCUT2D eigenvalue weighted by Gasteiger charge is 2.15. The minimum absolute atomic E-state index is 0.0205. The molecule has 1 amide bonds. The number of hydrogen-bond acceptors (Lipinski definition) is 4. The molecule has 0 atom stereocenters. The molecule has 2 aromatic carbocycles. The molecule has 7 heteroatoms. The van der Waals surface area contributed by atoms with Crippen LogP contribution in [0.2, 0.25) is 5.02 Å². The Morgan fingerprint density at radius 2 is 2.08 bits per heavy atom. The van der Waals surface area contributed by atoms with Gasteiger partial charge in [-0.2, -0.15) is 5.26 Å². The molecule has 0 bridgehead atoms. The number of hydrogen-bond donors (Lipinski definition) is 1. The maximum absolute atomic E-state index is 13.3. The van der Waals surface area contributed by atoms with Crippen molar-refractivity contribution >= 4 is 23.2 Å². The van der Waals surface area contributed by atoms with E-state index in [0.29, 0.717) is 16.3 Å². The lowest BCUT2D eigenvalue weighted by molar-refractivity contribution is 0.0988. The quantitative estimate of drug-likeness (QED) is 0.772. The number of aromatic nitrogens is 1. The van der Waals surface area contributed by atoms with Crippen LogP contribution in [0.3, 0.4) is 0 Å². The molecule has 0 radical (unpaired) electrons. The second-order valence-electron chi connectivity index (χ2n) is 4.85. The van der Waals surface area contributed by atoms with Crippen LogP contribution >= 0.6 is 11.6 Å². The van der Waals surface area contributed by atoms with Crippen molar-refractivity contribution in [2.24, 2.45) is 0 Å². The fourth-order valence-corrected chi connectivity index (χ4v) is 2.24. The molecular formula is C17H9ClFN3O2. The van der Waals surface area contributed by atoms with Crippen molar-refractivity contribution in [3.63, 3.8) is 0 Å². The number of nitriles is 1. The summed E-state index contributed by atoms with van der Waals surface area (Å²) >= 11 is 5.92. The van der Waals surface area contributed by atoms with Crippen LogP contribution in [0.15, 0.2) is 53.1 Å². The van der Waals surface area contributed by atoms with E-state index in [1.54, 1.807) is 30.3 Å². The van der Waals surface area contributed by atoms with Crippen LogP contribution in [0.1, 0.15) is 16.1 Å². The van der Waals surface area contributed by atoms with E-state index in [0.717, 1.165) is 6.07 Å². The van der Waals surface area contributed by atoms with Crippen LogP contribution in [0.5, 0.6) is 0 Å². The average molecular weight is 342 g/mol. The number of amides is 1. The number of anilines is 1. The van der Waals surface area contributed by atoms with Crippen molar-refractivity contribution in [3.05, 3.63) is 70.7 Å². The molecule has 0 saturated heterocycles. The first-order valence-electron chi connectivity index (χ1n) is 6.80.